The lowest BCUT2D eigenvalue weighted by Crippen LogP contribution is -2.15. The lowest BCUT2D eigenvalue weighted by molar-refractivity contribution is -0.117. The summed E-state index contributed by atoms with van der Waals surface area (Å²) in [5.74, 6) is 0.421. The predicted molar refractivity (Wildman–Crippen MR) is 88.7 cm³/mol. The Morgan fingerprint density at radius 1 is 1.22 bits per heavy atom. The zero-order valence-electron chi connectivity index (χ0n) is 12.8. The summed E-state index contributed by atoms with van der Waals surface area (Å²) in [6, 6.07) is 14.8. The van der Waals surface area contributed by atoms with Crippen LogP contribution in [0.15, 0.2) is 48.5 Å². The maximum atomic E-state index is 12.0. The van der Waals surface area contributed by atoms with Crippen LogP contribution in [-0.4, -0.2) is 18.4 Å². The molecule has 0 saturated carbocycles. The molecular weight excluding hydrogens is 292 g/mol. The van der Waals surface area contributed by atoms with Gasteiger partial charge in [0.2, 0.25) is 11.8 Å². The molecule has 0 spiro atoms. The van der Waals surface area contributed by atoms with E-state index >= 15 is 0 Å². The van der Waals surface area contributed by atoms with Crippen molar-refractivity contribution < 1.29 is 14.3 Å². The second-order valence-corrected chi connectivity index (χ2v) is 5.47. The van der Waals surface area contributed by atoms with E-state index in [-0.39, 0.29) is 24.2 Å². The Balaban J connectivity index is 1.53. The average molecular weight is 310 g/mol. The first-order chi connectivity index (χ1) is 11.1. The molecule has 1 atom stereocenters. The Labute approximate surface area is 134 Å². The van der Waals surface area contributed by atoms with Crippen molar-refractivity contribution in [3.05, 3.63) is 54.1 Å². The summed E-state index contributed by atoms with van der Waals surface area (Å²) in [5.41, 5.74) is 2.41. The van der Waals surface area contributed by atoms with E-state index in [0.717, 1.165) is 17.0 Å². The number of nitrogens with one attached hydrogen (secondary N) is 2. The molecule has 0 fully saturated rings. The Morgan fingerprint density at radius 2 is 2.00 bits per heavy atom. The van der Waals surface area contributed by atoms with Crippen molar-refractivity contribution in [1.29, 1.82) is 0 Å². The molecule has 2 aromatic carbocycles. The first-order valence-electron chi connectivity index (χ1n) is 7.56. The molecule has 118 valence electrons. The van der Waals surface area contributed by atoms with Crippen LogP contribution in [0.25, 0.3) is 0 Å². The van der Waals surface area contributed by atoms with Crippen LogP contribution in [-0.2, 0) is 9.59 Å². The Hall–Kier alpha value is -2.82. The van der Waals surface area contributed by atoms with E-state index in [4.69, 9.17) is 4.74 Å². The summed E-state index contributed by atoms with van der Waals surface area (Å²) < 4.78 is 5.50. The number of anilines is 2. The van der Waals surface area contributed by atoms with Gasteiger partial charge in [-0.2, -0.15) is 0 Å². The maximum absolute atomic E-state index is 12.0. The molecule has 1 unspecified atom stereocenters. The van der Waals surface area contributed by atoms with Crippen molar-refractivity contribution in [3.8, 4) is 5.75 Å². The molecule has 2 aromatic rings. The highest BCUT2D eigenvalue weighted by molar-refractivity contribution is 6.03. The van der Waals surface area contributed by atoms with Gasteiger partial charge < -0.3 is 15.4 Å². The van der Waals surface area contributed by atoms with Crippen LogP contribution in [0.2, 0.25) is 0 Å². The normalized spacial score (nSPS) is 15.7. The Bertz CT molecular complexity index is 728. The summed E-state index contributed by atoms with van der Waals surface area (Å²) in [5, 5.41) is 5.64. The third kappa shape index (κ3) is 3.51. The summed E-state index contributed by atoms with van der Waals surface area (Å²) >= 11 is 0. The van der Waals surface area contributed by atoms with Crippen LogP contribution in [0.4, 0.5) is 11.4 Å². The zero-order chi connectivity index (χ0) is 16.2. The summed E-state index contributed by atoms with van der Waals surface area (Å²) in [6.07, 6.45) is 0.263. The predicted octanol–water partition coefficient (Wildman–Crippen LogP) is 3.15. The van der Waals surface area contributed by atoms with Crippen molar-refractivity contribution in [3.63, 3.8) is 0 Å². The van der Waals surface area contributed by atoms with Crippen molar-refractivity contribution in [2.45, 2.75) is 19.3 Å². The molecule has 2 amide bonds. The fourth-order valence-corrected chi connectivity index (χ4v) is 2.50. The molecule has 23 heavy (non-hydrogen) atoms. The molecule has 0 aliphatic carbocycles. The van der Waals surface area contributed by atoms with Gasteiger partial charge in [0.05, 0.1) is 18.9 Å². The van der Waals surface area contributed by atoms with Crippen LogP contribution in [0.1, 0.15) is 24.8 Å². The number of carbonyl (C=O) groups is 2. The van der Waals surface area contributed by atoms with Gasteiger partial charge in [-0.1, -0.05) is 18.2 Å². The van der Waals surface area contributed by atoms with Gasteiger partial charge >= 0.3 is 0 Å². The molecule has 1 aliphatic rings. The second-order valence-electron chi connectivity index (χ2n) is 5.47. The molecule has 1 heterocycles. The number of para-hydroxylation sites is 1. The highest BCUT2D eigenvalue weighted by Gasteiger charge is 2.26. The van der Waals surface area contributed by atoms with Crippen molar-refractivity contribution in [1.82, 2.24) is 0 Å². The molecule has 2 N–H and O–H groups in total. The van der Waals surface area contributed by atoms with Gasteiger partial charge in [0.15, 0.2) is 0 Å². The zero-order valence-corrected chi connectivity index (χ0v) is 12.8. The van der Waals surface area contributed by atoms with Gasteiger partial charge in [-0.3, -0.25) is 9.59 Å². The van der Waals surface area contributed by atoms with Gasteiger partial charge in [-0.15, -0.1) is 0 Å². The van der Waals surface area contributed by atoms with E-state index in [0.29, 0.717) is 12.3 Å². The fraction of sp³-hybridized carbons (Fsp3) is 0.222. The van der Waals surface area contributed by atoms with E-state index in [1.807, 2.05) is 49.4 Å². The van der Waals surface area contributed by atoms with Crippen LogP contribution in [0.5, 0.6) is 5.75 Å². The average Bonchev–Trinajstić information content (AvgIpc) is 2.83. The van der Waals surface area contributed by atoms with Gasteiger partial charge in [-0.05, 0) is 42.8 Å². The minimum atomic E-state index is -0.191. The van der Waals surface area contributed by atoms with Gasteiger partial charge in [0.25, 0.3) is 0 Å². The Kier molecular flexibility index (Phi) is 4.28. The highest BCUT2D eigenvalue weighted by atomic mass is 16.5. The first-order valence-corrected chi connectivity index (χ1v) is 7.56. The number of benzene rings is 2. The second kappa shape index (κ2) is 6.52. The third-order valence-electron chi connectivity index (χ3n) is 3.79. The quantitative estimate of drug-likeness (QED) is 0.891. The molecule has 5 nitrogen and oxygen atoms in total. The molecule has 5 heteroatoms. The number of amides is 2. The van der Waals surface area contributed by atoms with Gasteiger partial charge in [0.1, 0.15) is 5.75 Å². The van der Waals surface area contributed by atoms with E-state index in [1.165, 1.54) is 0 Å². The van der Waals surface area contributed by atoms with E-state index in [1.54, 1.807) is 6.07 Å². The largest absolute Gasteiger partial charge is 0.493 e. The lowest BCUT2D eigenvalue weighted by atomic mass is 10.0. The number of rotatable bonds is 5. The fourth-order valence-electron chi connectivity index (χ4n) is 2.50. The highest BCUT2D eigenvalue weighted by Crippen LogP contribution is 2.33. The molecule has 0 bridgehead atoms. The van der Waals surface area contributed by atoms with Gasteiger partial charge in [0, 0.05) is 11.4 Å². The SMILES string of the molecule is CC1C(=O)Nc2ccc(NC(=O)CCOc3ccccc3)cc21. The number of hydrogen-bond donors (Lipinski definition) is 2. The van der Waals surface area contributed by atoms with Crippen LogP contribution >= 0.6 is 0 Å². The monoisotopic (exact) mass is 310 g/mol. The van der Waals surface area contributed by atoms with E-state index in [2.05, 4.69) is 10.6 Å². The van der Waals surface area contributed by atoms with Crippen molar-refractivity contribution in [2.75, 3.05) is 17.2 Å². The van der Waals surface area contributed by atoms with Crippen LogP contribution in [0.3, 0.4) is 0 Å². The van der Waals surface area contributed by atoms with Crippen molar-refractivity contribution in [2.24, 2.45) is 0 Å². The summed E-state index contributed by atoms with van der Waals surface area (Å²) in [4.78, 5) is 23.6. The first kappa shape index (κ1) is 15.1. The minimum absolute atomic E-state index is 0.0141. The molecule has 1 aliphatic heterocycles. The minimum Gasteiger partial charge on any atom is -0.493 e. The number of carbonyl (C=O) groups excluding carboxylic acids is 2. The third-order valence-corrected chi connectivity index (χ3v) is 3.79. The van der Waals surface area contributed by atoms with Crippen LogP contribution in [0, 0.1) is 0 Å². The van der Waals surface area contributed by atoms with Crippen LogP contribution < -0.4 is 15.4 Å². The smallest absolute Gasteiger partial charge is 0.231 e. The lowest BCUT2D eigenvalue weighted by Gasteiger charge is -2.09. The Morgan fingerprint density at radius 3 is 2.78 bits per heavy atom. The standard InChI is InChI=1S/C18H18N2O3/c1-12-15-11-13(7-8-16(15)20-18(12)22)19-17(21)9-10-23-14-5-3-2-4-6-14/h2-8,11-12H,9-10H2,1H3,(H,19,21)(H,20,22). The molecule has 0 saturated heterocycles. The molecule has 3 rings (SSSR count). The van der Waals surface area contributed by atoms with Gasteiger partial charge in [-0.25, -0.2) is 0 Å². The topological polar surface area (TPSA) is 67.4 Å². The molecule has 0 aromatic heterocycles. The summed E-state index contributed by atoms with van der Waals surface area (Å²) in [7, 11) is 0. The van der Waals surface area contributed by atoms with E-state index < -0.39 is 0 Å². The van der Waals surface area contributed by atoms with Crippen molar-refractivity contribution >= 4 is 23.2 Å². The number of fused-ring (bicyclic) bond motifs is 1. The number of ether oxygens (including phenoxy) is 1. The molecule has 0 radical (unpaired) electrons. The summed E-state index contributed by atoms with van der Waals surface area (Å²) in [6.45, 7) is 2.16. The number of hydrogen-bond acceptors (Lipinski definition) is 3. The maximum Gasteiger partial charge on any atom is 0.231 e. The molecular formula is C18H18N2O3. The van der Waals surface area contributed by atoms with E-state index in [9.17, 15) is 9.59 Å².